The number of nitro groups is 1. The van der Waals surface area contributed by atoms with Crippen molar-refractivity contribution >= 4 is 45.6 Å². The summed E-state index contributed by atoms with van der Waals surface area (Å²) >= 11 is 2.25. The van der Waals surface area contributed by atoms with Crippen LogP contribution in [0.25, 0.3) is 0 Å². The second kappa shape index (κ2) is 8.56. The lowest BCUT2D eigenvalue weighted by atomic mass is 10.1. The van der Waals surface area contributed by atoms with Gasteiger partial charge in [0.05, 0.1) is 17.2 Å². The number of carbonyl (C=O) groups is 1. The summed E-state index contributed by atoms with van der Waals surface area (Å²) in [4.78, 5) is 22.1. The van der Waals surface area contributed by atoms with Crippen LogP contribution in [-0.4, -0.2) is 23.1 Å². The van der Waals surface area contributed by atoms with Crippen molar-refractivity contribution in [2.24, 2.45) is 5.10 Å². The molecule has 0 saturated carbocycles. The summed E-state index contributed by atoms with van der Waals surface area (Å²) in [5, 5.41) is 17.7. The molecule has 0 atom stereocenters. The topological polar surface area (TPSA) is 96.6 Å². The predicted molar refractivity (Wildman–Crippen MR) is 106 cm³/mol. The average molecular weight is 452 g/mol. The number of carbonyl (C=O) groups excluding carboxylic acids is 1. The molecule has 0 spiro atoms. The van der Waals surface area contributed by atoms with Gasteiger partial charge >= 0.3 is 0 Å². The van der Waals surface area contributed by atoms with E-state index in [1.165, 1.54) is 12.1 Å². The minimum atomic E-state index is -0.462. The highest BCUT2D eigenvalue weighted by atomic mass is 127. The maximum atomic E-state index is 11.9. The fraction of sp³-hybridized carbons (Fsp3) is 0.176. The largest absolute Gasteiger partial charge is 0.376 e. The molecule has 2 rings (SSSR count). The van der Waals surface area contributed by atoms with Crippen molar-refractivity contribution < 1.29 is 9.72 Å². The van der Waals surface area contributed by atoms with E-state index in [4.69, 9.17) is 0 Å². The average Bonchev–Trinajstić information content (AvgIpc) is 2.60. The summed E-state index contributed by atoms with van der Waals surface area (Å²) in [6, 6.07) is 11.8. The van der Waals surface area contributed by atoms with Crippen molar-refractivity contribution in [2.75, 3.05) is 11.9 Å². The number of benzene rings is 2. The number of nitrogens with zero attached hydrogens (tertiary/aromatic N) is 2. The molecule has 0 heterocycles. The third-order valence-corrected chi connectivity index (χ3v) is 4.67. The summed E-state index contributed by atoms with van der Waals surface area (Å²) in [6.07, 6.45) is 0. The Labute approximate surface area is 158 Å². The third-order valence-electron chi connectivity index (χ3n) is 3.46. The first-order valence-electron chi connectivity index (χ1n) is 7.45. The third kappa shape index (κ3) is 5.52. The molecule has 0 aliphatic heterocycles. The highest BCUT2D eigenvalue weighted by molar-refractivity contribution is 14.1. The zero-order valence-electron chi connectivity index (χ0n) is 13.7. The number of rotatable bonds is 6. The van der Waals surface area contributed by atoms with Crippen LogP contribution in [0.15, 0.2) is 47.6 Å². The maximum absolute atomic E-state index is 11.9. The van der Waals surface area contributed by atoms with E-state index in [1.807, 2.05) is 25.1 Å². The van der Waals surface area contributed by atoms with Gasteiger partial charge in [-0.05, 0) is 77.9 Å². The van der Waals surface area contributed by atoms with Gasteiger partial charge in [-0.3, -0.25) is 14.9 Å². The Morgan fingerprint density at radius 1 is 1.24 bits per heavy atom. The number of nitrogens with one attached hydrogen (secondary N) is 2. The molecule has 7 nitrogen and oxygen atoms in total. The van der Waals surface area contributed by atoms with Crippen molar-refractivity contribution in [3.63, 3.8) is 0 Å². The van der Waals surface area contributed by atoms with Crippen LogP contribution < -0.4 is 10.7 Å². The van der Waals surface area contributed by atoms with Gasteiger partial charge in [-0.2, -0.15) is 5.10 Å². The number of amides is 1. The van der Waals surface area contributed by atoms with E-state index >= 15 is 0 Å². The van der Waals surface area contributed by atoms with Crippen LogP contribution in [0.3, 0.4) is 0 Å². The molecule has 1 amide bonds. The number of anilines is 1. The van der Waals surface area contributed by atoms with Gasteiger partial charge in [0.15, 0.2) is 0 Å². The molecule has 2 aromatic rings. The van der Waals surface area contributed by atoms with E-state index in [2.05, 4.69) is 38.4 Å². The van der Waals surface area contributed by atoms with E-state index in [1.54, 1.807) is 19.1 Å². The van der Waals surface area contributed by atoms with Gasteiger partial charge in [-0.25, -0.2) is 5.43 Å². The lowest BCUT2D eigenvalue weighted by molar-refractivity contribution is -0.384. The first-order chi connectivity index (χ1) is 11.9. The Morgan fingerprint density at radius 3 is 2.52 bits per heavy atom. The van der Waals surface area contributed by atoms with Crippen molar-refractivity contribution in [3.05, 3.63) is 67.3 Å². The molecule has 2 aromatic carbocycles. The van der Waals surface area contributed by atoms with Crippen molar-refractivity contribution in [2.45, 2.75) is 13.8 Å². The van der Waals surface area contributed by atoms with Gasteiger partial charge in [0, 0.05) is 21.4 Å². The van der Waals surface area contributed by atoms with Crippen LogP contribution in [-0.2, 0) is 4.79 Å². The number of hydrogen-bond donors (Lipinski definition) is 2. The number of hydrazone groups is 1. The molecular formula is C17H17IN4O3. The fourth-order valence-electron chi connectivity index (χ4n) is 2.01. The molecule has 25 heavy (non-hydrogen) atoms. The van der Waals surface area contributed by atoms with Crippen molar-refractivity contribution in [3.8, 4) is 0 Å². The van der Waals surface area contributed by atoms with Crippen LogP contribution in [0.4, 0.5) is 11.4 Å². The minimum Gasteiger partial charge on any atom is -0.376 e. The van der Waals surface area contributed by atoms with Crippen molar-refractivity contribution in [1.82, 2.24) is 5.43 Å². The Bertz CT molecular complexity index is 819. The molecule has 0 aliphatic rings. The summed E-state index contributed by atoms with van der Waals surface area (Å²) in [5.74, 6) is -0.280. The van der Waals surface area contributed by atoms with E-state index in [-0.39, 0.29) is 18.1 Å². The maximum Gasteiger partial charge on any atom is 0.269 e. The summed E-state index contributed by atoms with van der Waals surface area (Å²) in [7, 11) is 0. The lowest BCUT2D eigenvalue weighted by Gasteiger charge is -2.08. The number of aryl methyl sites for hydroxylation is 1. The van der Waals surface area contributed by atoms with E-state index < -0.39 is 4.92 Å². The van der Waals surface area contributed by atoms with Gasteiger partial charge in [0.2, 0.25) is 0 Å². The Balaban J connectivity index is 1.90. The van der Waals surface area contributed by atoms with Gasteiger partial charge in [-0.1, -0.05) is 0 Å². The van der Waals surface area contributed by atoms with Crippen LogP contribution in [0.2, 0.25) is 0 Å². The molecular weight excluding hydrogens is 435 g/mol. The zero-order valence-corrected chi connectivity index (χ0v) is 15.9. The monoisotopic (exact) mass is 452 g/mol. The Kier molecular flexibility index (Phi) is 6.45. The second-order valence-corrected chi connectivity index (χ2v) is 6.52. The molecule has 0 aliphatic carbocycles. The van der Waals surface area contributed by atoms with E-state index in [0.717, 1.165) is 14.8 Å². The summed E-state index contributed by atoms with van der Waals surface area (Å²) in [5.41, 5.74) is 5.74. The first-order valence-corrected chi connectivity index (χ1v) is 8.52. The zero-order chi connectivity index (χ0) is 18.4. The number of halogens is 1. The van der Waals surface area contributed by atoms with Crippen LogP contribution >= 0.6 is 22.6 Å². The van der Waals surface area contributed by atoms with Crippen LogP contribution in [0.1, 0.15) is 18.1 Å². The van der Waals surface area contributed by atoms with E-state index in [0.29, 0.717) is 11.3 Å². The number of non-ortho nitro benzene ring substituents is 1. The highest BCUT2D eigenvalue weighted by Crippen LogP contribution is 2.16. The van der Waals surface area contributed by atoms with Crippen molar-refractivity contribution in [1.29, 1.82) is 0 Å². The normalized spacial score (nSPS) is 11.1. The SMILES string of the molecule is C/C(=N\NC(=O)CNc1ccc(I)c(C)c1)c1ccc([N+](=O)[O-])cc1. The second-order valence-electron chi connectivity index (χ2n) is 5.35. The van der Waals surface area contributed by atoms with Crippen LogP contribution in [0, 0.1) is 20.6 Å². The molecule has 0 saturated heterocycles. The molecule has 8 heteroatoms. The van der Waals surface area contributed by atoms with Gasteiger partial charge in [0.1, 0.15) is 0 Å². The summed E-state index contributed by atoms with van der Waals surface area (Å²) < 4.78 is 1.16. The summed E-state index contributed by atoms with van der Waals surface area (Å²) in [6.45, 7) is 3.82. The predicted octanol–water partition coefficient (Wildman–Crippen LogP) is 3.46. The minimum absolute atomic E-state index is 0.0117. The number of nitro benzene ring substituents is 1. The van der Waals surface area contributed by atoms with Gasteiger partial charge < -0.3 is 5.32 Å². The molecule has 2 N–H and O–H groups in total. The Morgan fingerprint density at radius 2 is 1.92 bits per heavy atom. The Hall–Kier alpha value is -2.49. The standard InChI is InChI=1S/C17H17IN4O3/c1-11-9-14(5-8-16(11)18)19-10-17(23)21-20-12(2)13-3-6-15(7-4-13)22(24)25/h3-9,19H,10H2,1-2H3,(H,21,23)/b20-12+. The quantitative estimate of drug-likeness (QED) is 0.304. The molecule has 0 radical (unpaired) electrons. The molecule has 0 fully saturated rings. The lowest BCUT2D eigenvalue weighted by Crippen LogP contribution is -2.26. The molecule has 130 valence electrons. The van der Waals surface area contributed by atoms with E-state index in [9.17, 15) is 14.9 Å². The molecule has 0 unspecified atom stereocenters. The number of hydrogen-bond acceptors (Lipinski definition) is 5. The van der Waals surface area contributed by atoms with Gasteiger partial charge in [0.25, 0.3) is 11.6 Å². The smallest absolute Gasteiger partial charge is 0.269 e. The first kappa shape index (κ1) is 18.8. The van der Waals surface area contributed by atoms with Crippen LogP contribution in [0.5, 0.6) is 0 Å². The fourth-order valence-corrected chi connectivity index (χ4v) is 2.35. The highest BCUT2D eigenvalue weighted by Gasteiger charge is 2.06. The molecule has 0 bridgehead atoms. The molecule has 0 aromatic heterocycles. The van der Waals surface area contributed by atoms with Gasteiger partial charge in [-0.15, -0.1) is 0 Å².